The molecule has 2 nitrogen and oxygen atoms in total. The van der Waals surface area contributed by atoms with E-state index in [4.69, 9.17) is 0 Å². The van der Waals surface area contributed by atoms with Gasteiger partial charge in [-0.15, -0.1) is 0 Å². The summed E-state index contributed by atoms with van der Waals surface area (Å²) in [6, 6.07) is 97.9. The third-order valence-electron chi connectivity index (χ3n) is 13.9. The zero-order chi connectivity index (χ0) is 45.0. The Morgan fingerprint density at radius 1 is 0.265 bits per heavy atom. The highest BCUT2D eigenvalue weighted by atomic mass is 32.2. The Balaban J connectivity index is 0.998. The number of hydrogen-bond acceptors (Lipinski definition) is 3. The molecule has 0 aromatic heterocycles. The van der Waals surface area contributed by atoms with Gasteiger partial charge in [0.15, 0.2) is 0 Å². The van der Waals surface area contributed by atoms with Crippen molar-refractivity contribution in [2.45, 2.75) is 15.2 Å². The lowest BCUT2D eigenvalue weighted by atomic mass is 9.66. The van der Waals surface area contributed by atoms with E-state index in [1.54, 1.807) is 0 Å². The standard InChI is InChI=1S/C65H44N2S/c1-5-19-48(20-6-1)66(49-21-7-2-8-22-49)52-38-33-45(34-39-52)47-37-42-56-60(43-47)65(58-29-15-17-31-62(58)68-63-32-18-16-30-59(63)65)61-44-57(54-27-13-14-28-55(54)64(56)61)46-35-40-53(41-36-46)67(50-23-9-3-10-24-50)51-25-11-4-12-26-51/h1-44H. The number of benzene rings is 11. The molecule has 0 saturated carbocycles. The van der Waals surface area contributed by atoms with Gasteiger partial charge in [-0.3, -0.25) is 0 Å². The second kappa shape index (κ2) is 16.5. The Morgan fingerprint density at radius 2 is 0.662 bits per heavy atom. The number of anilines is 6. The quantitative estimate of drug-likeness (QED) is 0.150. The molecule has 68 heavy (non-hydrogen) atoms. The number of rotatable bonds is 8. The molecule has 1 heterocycles. The minimum Gasteiger partial charge on any atom is -0.311 e. The third kappa shape index (κ3) is 6.42. The van der Waals surface area contributed by atoms with Gasteiger partial charge in [-0.25, -0.2) is 0 Å². The zero-order valence-electron chi connectivity index (χ0n) is 37.2. The smallest absolute Gasteiger partial charge is 0.0736 e. The lowest BCUT2D eigenvalue weighted by Crippen LogP contribution is -2.32. The summed E-state index contributed by atoms with van der Waals surface area (Å²) in [5, 5.41) is 2.52. The van der Waals surface area contributed by atoms with Crippen LogP contribution in [-0.4, -0.2) is 0 Å². The highest BCUT2D eigenvalue weighted by Gasteiger charge is 2.51. The first-order valence-corrected chi connectivity index (χ1v) is 24.1. The average molecular weight is 885 g/mol. The monoisotopic (exact) mass is 884 g/mol. The van der Waals surface area contributed by atoms with Crippen molar-refractivity contribution in [3.05, 3.63) is 289 Å². The van der Waals surface area contributed by atoms with Crippen molar-refractivity contribution in [1.82, 2.24) is 0 Å². The molecule has 0 amide bonds. The Hall–Kier alpha value is -8.37. The van der Waals surface area contributed by atoms with E-state index in [1.165, 1.54) is 76.2 Å². The van der Waals surface area contributed by atoms with Gasteiger partial charge in [0.1, 0.15) is 0 Å². The SMILES string of the molecule is c1ccc(N(c2ccccc2)c2ccc(-c3ccc4c(c3)C3(c5ccccc5Sc5ccccc53)c3cc(-c5ccc(N(c6ccccc6)c6ccccc6)cc5)c5ccccc5c3-4)cc2)cc1. The third-order valence-corrected chi connectivity index (χ3v) is 15.0. The van der Waals surface area contributed by atoms with Gasteiger partial charge < -0.3 is 9.80 Å². The maximum Gasteiger partial charge on any atom is 0.0736 e. The molecule has 0 bridgehead atoms. The molecule has 0 fully saturated rings. The lowest BCUT2D eigenvalue weighted by molar-refractivity contribution is 0.723. The minimum absolute atomic E-state index is 0.563. The first-order valence-electron chi connectivity index (χ1n) is 23.3. The van der Waals surface area contributed by atoms with E-state index >= 15 is 0 Å². The fourth-order valence-corrected chi connectivity index (χ4v) is 12.2. The van der Waals surface area contributed by atoms with Crippen LogP contribution in [0.4, 0.5) is 34.1 Å². The fraction of sp³-hybridized carbons (Fsp3) is 0.0154. The Labute approximate surface area is 402 Å². The van der Waals surface area contributed by atoms with Gasteiger partial charge in [-0.2, -0.15) is 0 Å². The molecule has 2 aliphatic rings. The van der Waals surface area contributed by atoms with Crippen LogP contribution in [0.5, 0.6) is 0 Å². The lowest BCUT2D eigenvalue weighted by Gasteiger charge is -2.40. The van der Waals surface area contributed by atoms with Crippen LogP contribution < -0.4 is 9.80 Å². The van der Waals surface area contributed by atoms with E-state index < -0.39 is 5.41 Å². The molecule has 13 rings (SSSR count). The second-order valence-electron chi connectivity index (χ2n) is 17.6. The van der Waals surface area contributed by atoms with E-state index in [0.717, 1.165) is 34.1 Å². The molecule has 0 N–H and O–H groups in total. The summed E-state index contributed by atoms with van der Waals surface area (Å²) in [5.41, 5.74) is 18.9. The molecule has 1 spiro atoms. The van der Waals surface area contributed by atoms with Gasteiger partial charge in [-0.05, 0) is 163 Å². The largest absolute Gasteiger partial charge is 0.311 e. The maximum atomic E-state index is 2.54. The van der Waals surface area contributed by atoms with Crippen molar-refractivity contribution in [2.75, 3.05) is 9.80 Å². The summed E-state index contributed by atoms with van der Waals surface area (Å²) >= 11 is 1.89. The average Bonchev–Trinajstić information content (AvgIpc) is 3.70. The topological polar surface area (TPSA) is 6.48 Å². The van der Waals surface area contributed by atoms with Crippen LogP contribution in [0.1, 0.15) is 22.3 Å². The summed E-state index contributed by atoms with van der Waals surface area (Å²) in [6.45, 7) is 0. The molecule has 11 aromatic rings. The predicted molar refractivity (Wildman–Crippen MR) is 286 cm³/mol. The molecule has 1 aliphatic carbocycles. The number of hydrogen-bond donors (Lipinski definition) is 0. The molecule has 0 radical (unpaired) electrons. The van der Waals surface area contributed by atoms with Gasteiger partial charge in [0.25, 0.3) is 0 Å². The molecule has 11 aromatic carbocycles. The van der Waals surface area contributed by atoms with Gasteiger partial charge >= 0.3 is 0 Å². The first kappa shape index (κ1) is 39.9. The van der Waals surface area contributed by atoms with E-state index in [1.807, 2.05) is 11.8 Å². The van der Waals surface area contributed by atoms with Crippen LogP contribution in [0.2, 0.25) is 0 Å². The Kier molecular flexibility index (Phi) is 9.69. The van der Waals surface area contributed by atoms with Crippen LogP contribution in [0, 0.1) is 0 Å². The summed E-state index contributed by atoms with van der Waals surface area (Å²) in [5.74, 6) is 0. The molecular weight excluding hydrogens is 841 g/mol. The summed E-state index contributed by atoms with van der Waals surface area (Å²) in [6.07, 6.45) is 0. The Bertz CT molecular complexity index is 3500. The van der Waals surface area contributed by atoms with Gasteiger partial charge in [0.05, 0.1) is 5.41 Å². The Morgan fingerprint density at radius 3 is 1.16 bits per heavy atom. The second-order valence-corrected chi connectivity index (χ2v) is 18.7. The highest BCUT2D eigenvalue weighted by molar-refractivity contribution is 7.99. The van der Waals surface area contributed by atoms with Crippen molar-refractivity contribution in [3.8, 4) is 33.4 Å². The molecule has 1 aliphatic heterocycles. The number of para-hydroxylation sites is 4. The molecule has 320 valence electrons. The number of nitrogens with zero attached hydrogens (tertiary/aromatic N) is 2. The molecule has 3 heteroatoms. The van der Waals surface area contributed by atoms with Crippen LogP contribution >= 0.6 is 11.8 Å². The summed E-state index contributed by atoms with van der Waals surface area (Å²) in [7, 11) is 0. The zero-order valence-corrected chi connectivity index (χ0v) is 38.0. The van der Waals surface area contributed by atoms with Gasteiger partial charge in [-0.1, -0.05) is 182 Å². The van der Waals surface area contributed by atoms with Crippen LogP contribution in [0.15, 0.2) is 277 Å². The van der Waals surface area contributed by atoms with Crippen molar-refractivity contribution < 1.29 is 0 Å². The van der Waals surface area contributed by atoms with Gasteiger partial charge in [0, 0.05) is 43.9 Å². The molecule has 0 saturated heterocycles. The van der Waals surface area contributed by atoms with E-state index in [0.29, 0.717) is 0 Å². The van der Waals surface area contributed by atoms with E-state index in [-0.39, 0.29) is 0 Å². The first-order chi connectivity index (χ1) is 33.7. The fourth-order valence-electron chi connectivity index (χ4n) is 11.0. The van der Waals surface area contributed by atoms with E-state index in [2.05, 4.69) is 277 Å². The minimum atomic E-state index is -0.563. The summed E-state index contributed by atoms with van der Waals surface area (Å²) < 4.78 is 0. The normalized spacial score (nSPS) is 12.8. The molecule has 0 atom stereocenters. The molecule has 0 unspecified atom stereocenters. The molecular formula is C65H44N2S. The van der Waals surface area contributed by atoms with Crippen molar-refractivity contribution in [1.29, 1.82) is 0 Å². The van der Waals surface area contributed by atoms with Crippen molar-refractivity contribution >= 4 is 56.7 Å². The van der Waals surface area contributed by atoms with Gasteiger partial charge in [0.2, 0.25) is 0 Å². The predicted octanol–water partition coefficient (Wildman–Crippen LogP) is 17.9. The van der Waals surface area contributed by atoms with Crippen molar-refractivity contribution in [2.24, 2.45) is 0 Å². The van der Waals surface area contributed by atoms with Crippen LogP contribution in [-0.2, 0) is 5.41 Å². The van der Waals surface area contributed by atoms with E-state index in [9.17, 15) is 0 Å². The van der Waals surface area contributed by atoms with Crippen molar-refractivity contribution in [3.63, 3.8) is 0 Å². The number of fused-ring (bicyclic) bond motifs is 11. The van der Waals surface area contributed by atoms with Crippen LogP contribution in [0.3, 0.4) is 0 Å². The summed E-state index contributed by atoms with van der Waals surface area (Å²) in [4.78, 5) is 7.24. The van der Waals surface area contributed by atoms with Crippen LogP contribution in [0.25, 0.3) is 44.2 Å². The highest BCUT2D eigenvalue weighted by Crippen LogP contribution is 2.64. The maximum absolute atomic E-state index is 2.54.